The summed E-state index contributed by atoms with van der Waals surface area (Å²) in [6.45, 7) is -0.225. The van der Waals surface area contributed by atoms with Crippen LogP contribution in [0.5, 0.6) is 5.75 Å². The second kappa shape index (κ2) is 11.2. The number of amides is 3. The maximum atomic E-state index is 12.0. The van der Waals surface area contributed by atoms with E-state index in [1.807, 2.05) is 12.1 Å². The summed E-state index contributed by atoms with van der Waals surface area (Å²) < 4.78 is 5.24. The van der Waals surface area contributed by atoms with Crippen molar-refractivity contribution in [3.05, 3.63) is 29.8 Å². The van der Waals surface area contributed by atoms with Crippen molar-refractivity contribution >= 4 is 17.9 Å². The highest BCUT2D eigenvalue weighted by Gasteiger charge is 2.21. The van der Waals surface area contributed by atoms with Gasteiger partial charge < -0.3 is 25.8 Å². The lowest BCUT2D eigenvalue weighted by atomic mass is 9.96. The van der Waals surface area contributed by atoms with Crippen molar-refractivity contribution in [3.63, 3.8) is 0 Å². The summed E-state index contributed by atoms with van der Waals surface area (Å²) >= 11 is 0. The Labute approximate surface area is 165 Å². The SMILES string of the molecule is COc1ccccc1CC(CNC(=O)CNC(=O)NC1CCCCC1)C(=O)O. The number of carboxylic acids is 1. The van der Waals surface area contributed by atoms with Gasteiger partial charge in [-0.25, -0.2) is 4.79 Å². The van der Waals surface area contributed by atoms with E-state index in [9.17, 15) is 19.5 Å². The molecule has 8 heteroatoms. The number of hydrogen-bond acceptors (Lipinski definition) is 4. The number of aliphatic carboxylic acids is 1. The van der Waals surface area contributed by atoms with Gasteiger partial charge in [-0.3, -0.25) is 9.59 Å². The highest BCUT2D eigenvalue weighted by Crippen LogP contribution is 2.21. The van der Waals surface area contributed by atoms with Crippen molar-refractivity contribution in [3.8, 4) is 5.75 Å². The number of methoxy groups -OCH3 is 1. The first kappa shape index (κ1) is 21.5. The van der Waals surface area contributed by atoms with Crippen LogP contribution in [-0.4, -0.2) is 49.3 Å². The van der Waals surface area contributed by atoms with Crippen LogP contribution in [0.15, 0.2) is 24.3 Å². The van der Waals surface area contributed by atoms with Crippen molar-refractivity contribution in [2.75, 3.05) is 20.2 Å². The molecule has 0 aliphatic heterocycles. The van der Waals surface area contributed by atoms with E-state index in [2.05, 4.69) is 16.0 Å². The lowest BCUT2D eigenvalue weighted by Crippen LogP contribution is -2.47. The number of benzene rings is 1. The monoisotopic (exact) mass is 391 g/mol. The molecule has 8 nitrogen and oxygen atoms in total. The minimum atomic E-state index is -1.01. The van der Waals surface area contributed by atoms with Crippen LogP contribution in [-0.2, 0) is 16.0 Å². The van der Waals surface area contributed by atoms with Gasteiger partial charge in [-0.2, -0.15) is 0 Å². The van der Waals surface area contributed by atoms with E-state index in [4.69, 9.17) is 4.74 Å². The van der Waals surface area contributed by atoms with Crippen LogP contribution < -0.4 is 20.7 Å². The minimum Gasteiger partial charge on any atom is -0.496 e. The summed E-state index contributed by atoms with van der Waals surface area (Å²) in [4.78, 5) is 35.4. The molecule has 1 fully saturated rings. The van der Waals surface area contributed by atoms with Crippen molar-refractivity contribution in [1.29, 1.82) is 0 Å². The fraction of sp³-hybridized carbons (Fsp3) is 0.550. The van der Waals surface area contributed by atoms with Gasteiger partial charge >= 0.3 is 12.0 Å². The third-order valence-electron chi connectivity index (χ3n) is 4.90. The molecule has 1 aromatic carbocycles. The van der Waals surface area contributed by atoms with Crippen LogP contribution in [0.25, 0.3) is 0 Å². The van der Waals surface area contributed by atoms with Gasteiger partial charge in [0.05, 0.1) is 19.6 Å². The largest absolute Gasteiger partial charge is 0.496 e. The average molecular weight is 391 g/mol. The Hall–Kier alpha value is -2.77. The summed E-state index contributed by atoms with van der Waals surface area (Å²) in [5.74, 6) is -1.61. The third-order valence-corrected chi connectivity index (χ3v) is 4.90. The Morgan fingerprint density at radius 2 is 1.86 bits per heavy atom. The Kier molecular flexibility index (Phi) is 8.58. The van der Waals surface area contributed by atoms with Crippen LogP contribution in [0, 0.1) is 5.92 Å². The molecule has 28 heavy (non-hydrogen) atoms. The summed E-state index contributed by atoms with van der Waals surface area (Å²) in [7, 11) is 1.53. The van der Waals surface area contributed by atoms with Gasteiger partial charge in [0.15, 0.2) is 0 Å². The van der Waals surface area contributed by atoms with Gasteiger partial charge in [-0.05, 0) is 30.9 Å². The van der Waals surface area contributed by atoms with Crippen LogP contribution in [0.3, 0.4) is 0 Å². The van der Waals surface area contributed by atoms with E-state index in [1.54, 1.807) is 12.1 Å². The number of urea groups is 1. The lowest BCUT2D eigenvalue weighted by Gasteiger charge is -2.22. The molecule has 1 aliphatic rings. The maximum Gasteiger partial charge on any atom is 0.315 e. The Morgan fingerprint density at radius 1 is 1.14 bits per heavy atom. The van der Waals surface area contributed by atoms with Gasteiger partial charge in [0.25, 0.3) is 0 Å². The molecule has 1 aromatic rings. The quantitative estimate of drug-likeness (QED) is 0.511. The second-order valence-electron chi connectivity index (χ2n) is 7.02. The van der Waals surface area contributed by atoms with E-state index in [0.29, 0.717) is 5.75 Å². The molecule has 0 saturated heterocycles. The minimum absolute atomic E-state index is 0.0296. The number of rotatable bonds is 9. The standard InChI is InChI=1S/C20H29N3O5/c1-28-17-10-6-5-7-14(17)11-15(19(25)26)12-21-18(24)13-22-20(27)23-16-8-3-2-4-9-16/h5-7,10,15-16H,2-4,8-9,11-13H2,1H3,(H,21,24)(H,25,26)(H2,22,23,27). The fourth-order valence-electron chi connectivity index (χ4n) is 3.33. The van der Waals surface area contributed by atoms with E-state index < -0.39 is 17.8 Å². The summed E-state index contributed by atoms with van der Waals surface area (Å²) in [6, 6.07) is 6.98. The van der Waals surface area contributed by atoms with E-state index >= 15 is 0 Å². The van der Waals surface area contributed by atoms with Gasteiger partial charge in [-0.1, -0.05) is 37.5 Å². The molecule has 1 atom stereocenters. The van der Waals surface area contributed by atoms with Crippen LogP contribution in [0.1, 0.15) is 37.7 Å². The smallest absolute Gasteiger partial charge is 0.315 e. The van der Waals surface area contributed by atoms with E-state index in [1.165, 1.54) is 13.5 Å². The summed E-state index contributed by atoms with van der Waals surface area (Å²) in [5.41, 5.74) is 0.761. The zero-order valence-corrected chi connectivity index (χ0v) is 16.2. The van der Waals surface area contributed by atoms with Crippen molar-refractivity contribution in [2.24, 2.45) is 5.92 Å². The molecule has 3 amide bonds. The number of para-hydroxylation sites is 1. The summed E-state index contributed by atoms with van der Waals surface area (Å²) in [6.07, 6.45) is 5.56. The predicted molar refractivity (Wildman–Crippen MR) is 104 cm³/mol. The van der Waals surface area contributed by atoms with Gasteiger partial charge in [0, 0.05) is 12.6 Å². The molecular formula is C20H29N3O5. The zero-order valence-electron chi connectivity index (χ0n) is 16.2. The van der Waals surface area contributed by atoms with Crippen LogP contribution in [0.2, 0.25) is 0 Å². The van der Waals surface area contributed by atoms with Gasteiger partial charge in [0.1, 0.15) is 5.75 Å². The van der Waals surface area contributed by atoms with Crippen molar-refractivity contribution < 1.29 is 24.2 Å². The Balaban J connectivity index is 1.75. The molecule has 154 valence electrons. The number of carbonyl (C=O) groups is 3. The number of carboxylic acid groups (broad SMARTS) is 1. The number of hydrogen-bond donors (Lipinski definition) is 4. The molecule has 0 bridgehead atoms. The van der Waals surface area contributed by atoms with Gasteiger partial charge in [-0.15, -0.1) is 0 Å². The summed E-state index contributed by atoms with van der Waals surface area (Å²) in [5, 5.41) is 17.4. The van der Waals surface area contributed by atoms with Crippen molar-refractivity contribution in [1.82, 2.24) is 16.0 Å². The van der Waals surface area contributed by atoms with Crippen molar-refractivity contribution in [2.45, 2.75) is 44.6 Å². The topological polar surface area (TPSA) is 117 Å². The lowest BCUT2D eigenvalue weighted by molar-refractivity contribution is -0.141. The Morgan fingerprint density at radius 3 is 2.54 bits per heavy atom. The highest BCUT2D eigenvalue weighted by atomic mass is 16.5. The molecule has 4 N–H and O–H groups in total. The first-order valence-corrected chi connectivity index (χ1v) is 9.65. The first-order chi connectivity index (χ1) is 13.5. The Bertz CT molecular complexity index is 674. The van der Waals surface area contributed by atoms with Crippen LogP contribution in [0.4, 0.5) is 4.79 Å². The highest BCUT2D eigenvalue weighted by molar-refractivity contribution is 5.84. The molecule has 1 saturated carbocycles. The second-order valence-corrected chi connectivity index (χ2v) is 7.02. The number of carbonyl (C=O) groups excluding carboxylic acids is 2. The molecule has 0 heterocycles. The molecule has 0 radical (unpaired) electrons. The zero-order chi connectivity index (χ0) is 20.4. The molecule has 0 spiro atoms. The first-order valence-electron chi connectivity index (χ1n) is 9.65. The maximum absolute atomic E-state index is 12.0. The van der Waals surface area contributed by atoms with E-state index in [-0.39, 0.29) is 31.6 Å². The van der Waals surface area contributed by atoms with Gasteiger partial charge in [0.2, 0.25) is 5.91 Å². The number of ether oxygens (including phenoxy) is 1. The molecule has 1 aliphatic carbocycles. The molecule has 0 aromatic heterocycles. The van der Waals surface area contributed by atoms with Crippen LogP contribution >= 0.6 is 0 Å². The molecule has 2 rings (SSSR count). The normalized spacial score (nSPS) is 15.3. The van der Waals surface area contributed by atoms with E-state index in [0.717, 1.165) is 31.2 Å². The fourth-order valence-corrected chi connectivity index (χ4v) is 3.33. The average Bonchev–Trinajstić information content (AvgIpc) is 2.70. The molecule has 1 unspecified atom stereocenters. The molecular weight excluding hydrogens is 362 g/mol. The number of nitrogens with one attached hydrogen (secondary N) is 3. The predicted octanol–water partition coefficient (Wildman–Crippen LogP) is 1.69. The third kappa shape index (κ3) is 7.09.